The molecule has 7 heteroatoms. The Morgan fingerprint density at radius 2 is 2.11 bits per heavy atom. The number of rotatable bonds is 1. The van der Waals surface area contributed by atoms with Crippen molar-refractivity contribution in [2.75, 3.05) is 5.73 Å². The Morgan fingerprint density at radius 3 is 2.84 bits per heavy atom. The van der Waals surface area contributed by atoms with Crippen LogP contribution in [0.2, 0.25) is 0 Å². The SMILES string of the molecule is Nc1nc(=O)c2cnc3c(C(=O)O)cccc3c2s1. The monoisotopic (exact) mass is 273 g/mol. The van der Waals surface area contributed by atoms with Crippen molar-refractivity contribution in [3.05, 3.63) is 40.3 Å². The second-order valence-electron chi connectivity index (χ2n) is 3.87. The maximum Gasteiger partial charge on any atom is 0.337 e. The summed E-state index contributed by atoms with van der Waals surface area (Å²) in [6, 6.07) is 4.80. The maximum atomic E-state index is 11.7. The number of carboxylic acid groups (broad SMARTS) is 1. The van der Waals surface area contributed by atoms with Gasteiger partial charge in [0.1, 0.15) is 0 Å². The molecule has 19 heavy (non-hydrogen) atoms. The van der Waals surface area contributed by atoms with Gasteiger partial charge in [-0.3, -0.25) is 9.78 Å². The molecule has 0 saturated heterocycles. The normalized spacial score (nSPS) is 10.9. The lowest BCUT2D eigenvalue weighted by Crippen LogP contribution is -2.08. The van der Waals surface area contributed by atoms with Crippen LogP contribution in [0.4, 0.5) is 5.13 Å². The largest absolute Gasteiger partial charge is 0.478 e. The van der Waals surface area contributed by atoms with Gasteiger partial charge in [-0.1, -0.05) is 23.5 Å². The van der Waals surface area contributed by atoms with Crippen LogP contribution in [0.5, 0.6) is 0 Å². The second-order valence-corrected chi connectivity index (χ2v) is 4.90. The van der Waals surface area contributed by atoms with Crippen molar-refractivity contribution < 1.29 is 9.90 Å². The number of fused-ring (bicyclic) bond motifs is 3. The molecule has 0 aliphatic rings. The lowest BCUT2D eigenvalue weighted by atomic mass is 10.1. The summed E-state index contributed by atoms with van der Waals surface area (Å²) >= 11 is 1.14. The number of aromatic carboxylic acids is 1. The number of aromatic nitrogens is 2. The molecule has 0 unspecified atom stereocenters. The van der Waals surface area contributed by atoms with Crippen LogP contribution in [-0.4, -0.2) is 21.0 Å². The van der Waals surface area contributed by atoms with Crippen molar-refractivity contribution in [1.29, 1.82) is 0 Å². The van der Waals surface area contributed by atoms with Gasteiger partial charge in [-0.2, -0.15) is 4.98 Å². The van der Waals surface area contributed by atoms with Crippen LogP contribution in [0.25, 0.3) is 21.0 Å². The van der Waals surface area contributed by atoms with Crippen molar-refractivity contribution in [3.63, 3.8) is 0 Å². The number of pyridine rings is 1. The fourth-order valence-corrected chi connectivity index (χ4v) is 2.78. The number of benzene rings is 1. The summed E-state index contributed by atoms with van der Waals surface area (Å²) in [7, 11) is 0. The molecule has 6 nitrogen and oxygen atoms in total. The van der Waals surface area contributed by atoms with E-state index >= 15 is 0 Å². The van der Waals surface area contributed by atoms with Crippen molar-refractivity contribution in [1.82, 2.24) is 9.97 Å². The van der Waals surface area contributed by atoms with Gasteiger partial charge < -0.3 is 10.8 Å². The van der Waals surface area contributed by atoms with Gasteiger partial charge in [0.2, 0.25) is 0 Å². The maximum absolute atomic E-state index is 11.7. The van der Waals surface area contributed by atoms with Gasteiger partial charge in [0, 0.05) is 11.6 Å². The van der Waals surface area contributed by atoms with Gasteiger partial charge in [0.05, 0.1) is 21.2 Å². The number of para-hydroxylation sites is 1. The molecule has 3 rings (SSSR count). The fraction of sp³-hybridized carbons (Fsp3) is 0. The minimum absolute atomic E-state index is 0.0921. The molecule has 0 saturated carbocycles. The van der Waals surface area contributed by atoms with Crippen LogP contribution in [0.1, 0.15) is 10.4 Å². The molecular formula is C12H7N3O3S. The average Bonchev–Trinajstić information content (AvgIpc) is 2.37. The zero-order valence-electron chi connectivity index (χ0n) is 9.45. The van der Waals surface area contributed by atoms with Crippen LogP contribution in [0, 0.1) is 0 Å². The minimum atomic E-state index is -1.06. The molecule has 0 aliphatic carbocycles. The minimum Gasteiger partial charge on any atom is -0.478 e. The third kappa shape index (κ3) is 1.71. The number of carboxylic acids is 1. The molecule has 0 amide bonds. The van der Waals surface area contributed by atoms with E-state index in [-0.39, 0.29) is 10.7 Å². The molecule has 3 aromatic rings. The van der Waals surface area contributed by atoms with E-state index in [0.29, 0.717) is 21.0 Å². The lowest BCUT2D eigenvalue weighted by Gasteiger charge is -2.04. The second kappa shape index (κ2) is 3.99. The first-order valence-corrected chi connectivity index (χ1v) is 6.11. The smallest absolute Gasteiger partial charge is 0.337 e. The first-order valence-electron chi connectivity index (χ1n) is 5.29. The van der Waals surface area contributed by atoms with E-state index in [4.69, 9.17) is 10.8 Å². The number of hydrogen-bond acceptors (Lipinski definition) is 6. The van der Waals surface area contributed by atoms with Crippen LogP contribution in [-0.2, 0) is 0 Å². The number of nitrogens with zero attached hydrogens (tertiary/aromatic N) is 2. The Kier molecular flexibility index (Phi) is 2.42. The first-order chi connectivity index (χ1) is 9.08. The molecule has 0 aliphatic heterocycles. The predicted molar refractivity (Wildman–Crippen MR) is 72.6 cm³/mol. The van der Waals surface area contributed by atoms with Crippen molar-refractivity contribution in [2.45, 2.75) is 0 Å². The summed E-state index contributed by atoms with van der Waals surface area (Å²) in [5.41, 5.74) is 5.56. The summed E-state index contributed by atoms with van der Waals surface area (Å²) < 4.78 is 0.602. The third-order valence-corrected chi connectivity index (χ3v) is 3.67. The molecule has 0 bridgehead atoms. The van der Waals surface area contributed by atoms with Gasteiger partial charge in [-0.25, -0.2) is 4.79 Å². The number of carbonyl (C=O) groups is 1. The van der Waals surface area contributed by atoms with E-state index in [1.807, 2.05) is 0 Å². The summed E-state index contributed by atoms with van der Waals surface area (Å²) in [5.74, 6) is -1.06. The Bertz CT molecular complexity index is 888. The fourth-order valence-electron chi connectivity index (χ4n) is 1.92. The molecule has 0 radical (unpaired) electrons. The highest BCUT2D eigenvalue weighted by atomic mass is 32.1. The van der Waals surface area contributed by atoms with E-state index in [0.717, 1.165) is 11.3 Å². The van der Waals surface area contributed by atoms with Gasteiger partial charge in [0.25, 0.3) is 5.56 Å². The highest BCUT2D eigenvalue weighted by Gasteiger charge is 2.13. The highest BCUT2D eigenvalue weighted by Crippen LogP contribution is 2.28. The van der Waals surface area contributed by atoms with Crippen molar-refractivity contribution in [2.24, 2.45) is 0 Å². The standard InChI is InChI=1S/C12H7N3O3S/c13-12-15-10(16)7-4-14-8-5(9(7)19-12)2-1-3-6(8)11(17)18/h1-4H,(H,17,18)(H2,13,15,16). The quantitative estimate of drug-likeness (QED) is 0.650. The zero-order chi connectivity index (χ0) is 13.6. The lowest BCUT2D eigenvalue weighted by molar-refractivity contribution is 0.0699. The van der Waals surface area contributed by atoms with E-state index < -0.39 is 11.5 Å². The van der Waals surface area contributed by atoms with Gasteiger partial charge in [-0.05, 0) is 6.07 Å². The molecule has 0 fully saturated rings. The average molecular weight is 273 g/mol. The summed E-state index contributed by atoms with van der Waals surface area (Å²) in [6.07, 6.45) is 1.34. The summed E-state index contributed by atoms with van der Waals surface area (Å²) in [4.78, 5) is 30.6. The number of nitrogen functional groups attached to an aromatic ring is 1. The van der Waals surface area contributed by atoms with Crippen LogP contribution in [0.15, 0.2) is 29.2 Å². The van der Waals surface area contributed by atoms with Crippen LogP contribution < -0.4 is 11.3 Å². The number of nitrogens with two attached hydrogens (primary N) is 1. The molecule has 1 aromatic carbocycles. The predicted octanol–water partition coefficient (Wildman–Crippen LogP) is 1.49. The van der Waals surface area contributed by atoms with Crippen LogP contribution >= 0.6 is 11.3 Å². The highest BCUT2D eigenvalue weighted by molar-refractivity contribution is 7.22. The zero-order valence-corrected chi connectivity index (χ0v) is 10.3. The molecule has 2 aromatic heterocycles. The van der Waals surface area contributed by atoms with E-state index in [1.54, 1.807) is 12.1 Å². The molecule has 94 valence electrons. The van der Waals surface area contributed by atoms with Gasteiger partial charge in [0.15, 0.2) is 5.13 Å². The summed E-state index contributed by atoms with van der Waals surface area (Å²) in [5, 5.41) is 10.2. The van der Waals surface area contributed by atoms with Crippen molar-refractivity contribution in [3.8, 4) is 0 Å². The van der Waals surface area contributed by atoms with E-state index in [1.165, 1.54) is 12.3 Å². The third-order valence-electron chi connectivity index (χ3n) is 2.73. The van der Waals surface area contributed by atoms with Crippen LogP contribution in [0.3, 0.4) is 0 Å². The Hall–Kier alpha value is -2.54. The number of anilines is 1. The molecule has 2 heterocycles. The Balaban J connectivity index is 2.58. The first kappa shape index (κ1) is 11.5. The van der Waals surface area contributed by atoms with Gasteiger partial charge >= 0.3 is 5.97 Å². The molecule has 0 spiro atoms. The topological polar surface area (TPSA) is 106 Å². The Morgan fingerprint density at radius 1 is 1.32 bits per heavy atom. The summed E-state index contributed by atoms with van der Waals surface area (Å²) in [6.45, 7) is 0. The Labute approximate surface area is 110 Å². The van der Waals surface area contributed by atoms with E-state index in [2.05, 4.69) is 9.97 Å². The molecular weight excluding hydrogens is 266 g/mol. The number of hydrogen-bond donors (Lipinski definition) is 2. The van der Waals surface area contributed by atoms with E-state index in [9.17, 15) is 9.59 Å². The molecule has 0 atom stereocenters. The molecule has 3 N–H and O–H groups in total. The van der Waals surface area contributed by atoms with Gasteiger partial charge in [-0.15, -0.1) is 0 Å². The van der Waals surface area contributed by atoms with Crippen molar-refractivity contribution >= 4 is 43.4 Å².